The Hall–Kier alpha value is -2.81. The molecule has 0 atom stereocenters. The van der Waals surface area contributed by atoms with E-state index in [4.69, 9.17) is 4.74 Å². The van der Waals surface area contributed by atoms with Gasteiger partial charge in [0.05, 0.1) is 10.5 Å². The van der Waals surface area contributed by atoms with Crippen molar-refractivity contribution in [2.45, 2.75) is 30.9 Å². The van der Waals surface area contributed by atoms with Crippen molar-refractivity contribution in [1.82, 2.24) is 0 Å². The second-order valence-electron chi connectivity index (χ2n) is 5.92. The number of amides is 1. The van der Waals surface area contributed by atoms with Crippen molar-refractivity contribution in [3.05, 3.63) is 59.2 Å². The van der Waals surface area contributed by atoms with Crippen LogP contribution in [0.5, 0.6) is 0 Å². The van der Waals surface area contributed by atoms with E-state index < -0.39 is 39.0 Å². The van der Waals surface area contributed by atoms with E-state index in [1.54, 1.807) is 0 Å². The van der Waals surface area contributed by atoms with Crippen LogP contribution in [0.1, 0.15) is 28.4 Å². The minimum Gasteiger partial charge on any atom is -0.452 e. The van der Waals surface area contributed by atoms with Crippen molar-refractivity contribution in [3.63, 3.8) is 0 Å². The lowest BCUT2D eigenvalue weighted by atomic mass is 10.1. The summed E-state index contributed by atoms with van der Waals surface area (Å²) in [5.41, 5.74) is 2.41. The number of ether oxygens (including phenoxy) is 1. The third kappa shape index (κ3) is 4.92. The highest BCUT2D eigenvalue weighted by atomic mass is 32.2. The number of aryl methyl sites for hydroxylation is 2. The number of carbonyl (C=O) groups excluding carboxylic acids is 2. The molecule has 0 aliphatic heterocycles. The highest BCUT2D eigenvalue weighted by molar-refractivity contribution is 7.91. The average molecular weight is 411 g/mol. The van der Waals surface area contributed by atoms with E-state index in [0.29, 0.717) is 12.1 Å². The summed E-state index contributed by atoms with van der Waals surface area (Å²) >= 11 is 0. The zero-order valence-corrected chi connectivity index (χ0v) is 16.1. The number of anilines is 1. The molecule has 0 fully saturated rings. The Kier molecular flexibility index (Phi) is 6.85. The highest BCUT2D eigenvalue weighted by Gasteiger charge is 2.26. The van der Waals surface area contributed by atoms with Gasteiger partial charge >= 0.3 is 11.7 Å². The van der Waals surface area contributed by atoms with Crippen LogP contribution in [-0.4, -0.2) is 32.7 Å². The van der Waals surface area contributed by atoms with E-state index in [1.165, 1.54) is 0 Å². The van der Waals surface area contributed by atoms with Crippen LogP contribution in [0.3, 0.4) is 0 Å². The van der Waals surface area contributed by atoms with Gasteiger partial charge in [-0.15, -0.1) is 0 Å². The Morgan fingerprint density at radius 2 is 1.75 bits per heavy atom. The number of alkyl halides is 2. The molecule has 0 aliphatic carbocycles. The van der Waals surface area contributed by atoms with Crippen molar-refractivity contribution < 1.29 is 31.5 Å². The molecule has 9 heteroatoms. The zero-order chi connectivity index (χ0) is 20.9. The summed E-state index contributed by atoms with van der Waals surface area (Å²) in [6.45, 7) is 3.24. The SMILES string of the molecule is CCc1cccc(C)c1NC(=O)COC(=O)c1ccc(S(=O)(=O)C(F)F)cc1. The molecule has 150 valence electrons. The summed E-state index contributed by atoms with van der Waals surface area (Å²) in [7, 11) is -4.74. The molecule has 0 heterocycles. The smallest absolute Gasteiger partial charge is 0.341 e. The zero-order valence-electron chi connectivity index (χ0n) is 15.2. The van der Waals surface area contributed by atoms with E-state index in [1.807, 2.05) is 32.0 Å². The lowest BCUT2D eigenvalue weighted by molar-refractivity contribution is -0.119. The monoisotopic (exact) mass is 411 g/mol. The van der Waals surface area contributed by atoms with E-state index in [9.17, 15) is 26.8 Å². The molecule has 0 saturated heterocycles. The van der Waals surface area contributed by atoms with Crippen LogP contribution < -0.4 is 5.32 Å². The maximum absolute atomic E-state index is 12.5. The largest absolute Gasteiger partial charge is 0.452 e. The Morgan fingerprint density at radius 3 is 2.32 bits per heavy atom. The van der Waals surface area contributed by atoms with Gasteiger partial charge in [-0.3, -0.25) is 4.79 Å². The summed E-state index contributed by atoms with van der Waals surface area (Å²) < 4.78 is 52.6. The molecule has 6 nitrogen and oxygen atoms in total. The predicted molar refractivity (Wildman–Crippen MR) is 99.1 cm³/mol. The van der Waals surface area contributed by atoms with Crippen molar-refractivity contribution in [1.29, 1.82) is 0 Å². The average Bonchev–Trinajstić information content (AvgIpc) is 2.67. The molecule has 0 saturated carbocycles. The van der Waals surface area contributed by atoms with Crippen LogP contribution >= 0.6 is 0 Å². The van der Waals surface area contributed by atoms with Gasteiger partial charge in [0.15, 0.2) is 6.61 Å². The first kappa shape index (κ1) is 21.5. The molecule has 0 unspecified atom stereocenters. The molecule has 0 spiro atoms. The number of rotatable bonds is 7. The minimum absolute atomic E-state index is 0.0637. The third-order valence-corrected chi connectivity index (χ3v) is 5.39. The van der Waals surface area contributed by atoms with Gasteiger partial charge in [-0.1, -0.05) is 25.1 Å². The van der Waals surface area contributed by atoms with Gasteiger partial charge in [-0.2, -0.15) is 8.78 Å². The summed E-state index contributed by atoms with van der Waals surface area (Å²) in [5.74, 6) is -4.96. The number of nitrogens with one attached hydrogen (secondary N) is 1. The molecule has 2 aromatic carbocycles. The lowest BCUT2D eigenvalue weighted by Crippen LogP contribution is -2.22. The maximum Gasteiger partial charge on any atom is 0.341 e. The first-order chi connectivity index (χ1) is 13.2. The molecule has 0 aliphatic rings. The molecule has 0 radical (unpaired) electrons. The number of carbonyl (C=O) groups is 2. The molecule has 2 rings (SSSR count). The van der Waals surface area contributed by atoms with Crippen molar-refractivity contribution >= 4 is 27.4 Å². The number of halogens is 2. The van der Waals surface area contributed by atoms with Gasteiger partial charge in [0, 0.05) is 5.69 Å². The topological polar surface area (TPSA) is 89.5 Å². The standard InChI is InChI=1S/C19H19F2NO5S/c1-3-13-6-4-5-12(2)17(13)22-16(23)11-27-18(24)14-7-9-15(10-8-14)28(25,26)19(20)21/h4-10,19H,3,11H2,1-2H3,(H,22,23). The predicted octanol–water partition coefficient (Wildman–Crippen LogP) is 3.35. The van der Waals surface area contributed by atoms with E-state index in [-0.39, 0.29) is 5.56 Å². The van der Waals surface area contributed by atoms with Gasteiger partial charge in [-0.25, -0.2) is 13.2 Å². The summed E-state index contributed by atoms with van der Waals surface area (Å²) in [6.07, 6.45) is 0.713. The van der Waals surface area contributed by atoms with Crippen molar-refractivity contribution in [3.8, 4) is 0 Å². The van der Waals surface area contributed by atoms with Crippen LogP contribution in [0, 0.1) is 6.92 Å². The number of para-hydroxylation sites is 1. The molecule has 0 bridgehead atoms. The molecular weight excluding hydrogens is 392 g/mol. The van der Waals surface area contributed by atoms with Crippen molar-refractivity contribution in [2.24, 2.45) is 0 Å². The van der Waals surface area contributed by atoms with Gasteiger partial charge < -0.3 is 10.1 Å². The number of hydrogen-bond acceptors (Lipinski definition) is 5. The van der Waals surface area contributed by atoms with Gasteiger partial charge in [0.25, 0.3) is 5.91 Å². The Balaban J connectivity index is 2.00. The maximum atomic E-state index is 12.5. The molecular formula is C19H19F2NO5S. The van der Waals surface area contributed by atoms with Crippen LogP contribution in [-0.2, 0) is 25.8 Å². The van der Waals surface area contributed by atoms with Gasteiger partial charge in [-0.05, 0) is 48.7 Å². The van der Waals surface area contributed by atoms with E-state index in [0.717, 1.165) is 35.4 Å². The van der Waals surface area contributed by atoms with Crippen molar-refractivity contribution in [2.75, 3.05) is 11.9 Å². The molecule has 1 amide bonds. The second-order valence-corrected chi connectivity index (χ2v) is 7.83. The fourth-order valence-corrected chi connectivity index (χ4v) is 3.20. The highest BCUT2D eigenvalue weighted by Crippen LogP contribution is 2.21. The van der Waals surface area contributed by atoms with Crippen LogP contribution in [0.4, 0.5) is 14.5 Å². The number of sulfone groups is 1. The van der Waals surface area contributed by atoms with Gasteiger partial charge in [0.1, 0.15) is 0 Å². The third-order valence-electron chi connectivity index (χ3n) is 3.99. The Bertz CT molecular complexity index is 972. The molecule has 1 N–H and O–H groups in total. The fraction of sp³-hybridized carbons (Fsp3) is 0.263. The Labute approximate surface area is 161 Å². The Morgan fingerprint density at radius 1 is 1.11 bits per heavy atom. The molecule has 0 aromatic heterocycles. The summed E-state index contributed by atoms with van der Waals surface area (Å²) in [5, 5.41) is 2.70. The number of esters is 1. The summed E-state index contributed by atoms with van der Waals surface area (Å²) in [4.78, 5) is 23.5. The lowest BCUT2D eigenvalue weighted by Gasteiger charge is -2.13. The number of benzene rings is 2. The number of hydrogen-bond donors (Lipinski definition) is 1. The summed E-state index contributed by atoms with van der Waals surface area (Å²) in [6, 6.07) is 9.47. The molecule has 2 aromatic rings. The van der Waals surface area contributed by atoms with Crippen LogP contribution in [0.2, 0.25) is 0 Å². The van der Waals surface area contributed by atoms with E-state index >= 15 is 0 Å². The van der Waals surface area contributed by atoms with Crippen LogP contribution in [0.25, 0.3) is 0 Å². The normalized spacial score (nSPS) is 11.3. The second kappa shape index (κ2) is 8.92. The van der Waals surface area contributed by atoms with E-state index in [2.05, 4.69) is 5.32 Å². The van der Waals surface area contributed by atoms with Crippen LogP contribution in [0.15, 0.2) is 47.4 Å². The molecule has 28 heavy (non-hydrogen) atoms. The first-order valence-electron chi connectivity index (χ1n) is 8.34. The quantitative estimate of drug-likeness (QED) is 0.706. The van der Waals surface area contributed by atoms with Gasteiger partial charge in [0.2, 0.25) is 9.84 Å². The fourth-order valence-electron chi connectivity index (χ4n) is 2.48. The minimum atomic E-state index is -4.74. The first-order valence-corrected chi connectivity index (χ1v) is 9.89.